The van der Waals surface area contributed by atoms with Crippen molar-refractivity contribution in [1.29, 1.82) is 0 Å². The number of nitrogens with one attached hydrogen (secondary N) is 1. The van der Waals surface area contributed by atoms with Crippen LogP contribution in [0.15, 0.2) is 11.6 Å². The number of aliphatic hydroxyl groups is 13. The highest BCUT2D eigenvalue weighted by molar-refractivity contribution is 5.22. The van der Waals surface area contributed by atoms with Crippen molar-refractivity contribution in [2.45, 2.75) is 123 Å². The SMILES string of the molecule is C[C@H]1OC(OC2[C@@H](O)[C@@H](O)C(OC3[C@@H](O)[C@@H](O)C(O)O[C@@H]3CO)O[C@@H]2CO)[C@H](O)[C@H](O)C1N[C@H]1C=C(CO)[C@@H](O)[C@H](O)[C@@H]1O. The van der Waals surface area contributed by atoms with E-state index in [2.05, 4.69) is 5.32 Å². The van der Waals surface area contributed by atoms with Crippen LogP contribution in [-0.2, 0) is 23.7 Å². The lowest BCUT2D eigenvalue weighted by molar-refractivity contribution is -0.373. The lowest BCUT2D eigenvalue weighted by Gasteiger charge is -2.48. The van der Waals surface area contributed by atoms with Crippen LogP contribution < -0.4 is 5.32 Å². The predicted octanol–water partition coefficient (Wildman–Crippen LogP) is -8.56. The molecule has 0 aromatic carbocycles. The van der Waals surface area contributed by atoms with Crippen LogP contribution in [0.5, 0.6) is 0 Å². The van der Waals surface area contributed by atoms with E-state index in [9.17, 15) is 66.4 Å². The minimum Gasteiger partial charge on any atom is -0.394 e. The van der Waals surface area contributed by atoms with Gasteiger partial charge in [0.2, 0.25) is 0 Å². The van der Waals surface area contributed by atoms with Crippen LogP contribution in [0, 0.1) is 0 Å². The van der Waals surface area contributed by atoms with Gasteiger partial charge in [0.25, 0.3) is 0 Å². The quantitative estimate of drug-likeness (QED) is 0.103. The third-order valence-electron chi connectivity index (χ3n) is 8.48. The Morgan fingerprint density at radius 3 is 1.73 bits per heavy atom. The number of hydrogen-bond donors (Lipinski definition) is 14. The van der Waals surface area contributed by atoms with Crippen molar-refractivity contribution in [3.63, 3.8) is 0 Å². The number of aliphatic hydroxyl groups excluding tert-OH is 13. The zero-order chi connectivity index (χ0) is 32.6. The molecule has 19 heteroatoms. The first-order valence-electron chi connectivity index (χ1n) is 14.1. The summed E-state index contributed by atoms with van der Waals surface area (Å²) in [6.07, 6.45) is -26.6. The van der Waals surface area contributed by atoms with E-state index in [4.69, 9.17) is 23.7 Å². The van der Waals surface area contributed by atoms with Crippen LogP contribution in [0.4, 0.5) is 0 Å². The maximum absolute atomic E-state index is 10.9. The van der Waals surface area contributed by atoms with Gasteiger partial charge in [-0.3, -0.25) is 0 Å². The van der Waals surface area contributed by atoms with Crippen LogP contribution in [0.1, 0.15) is 6.92 Å². The Balaban J connectivity index is 1.42. The Kier molecular flexibility index (Phi) is 12.1. The van der Waals surface area contributed by atoms with E-state index in [1.165, 1.54) is 13.0 Å². The molecule has 3 saturated heterocycles. The Morgan fingerprint density at radius 1 is 0.636 bits per heavy atom. The van der Waals surface area contributed by atoms with Crippen molar-refractivity contribution in [1.82, 2.24) is 5.32 Å². The summed E-state index contributed by atoms with van der Waals surface area (Å²) in [5.74, 6) is 0. The average molecular weight is 646 g/mol. The molecule has 4 aliphatic rings. The summed E-state index contributed by atoms with van der Waals surface area (Å²) in [4.78, 5) is 0. The lowest BCUT2D eigenvalue weighted by atomic mass is 9.86. The molecule has 0 aromatic heterocycles. The average Bonchev–Trinajstić information content (AvgIpc) is 3.00. The summed E-state index contributed by atoms with van der Waals surface area (Å²) in [6.45, 7) is -0.753. The zero-order valence-electron chi connectivity index (χ0n) is 23.5. The largest absolute Gasteiger partial charge is 0.394 e. The van der Waals surface area contributed by atoms with Crippen LogP contribution in [0.3, 0.4) is 0 Å². The second-order valence-electron chi connectivity index (χ2n) is 11.4. The Morgan fingerprint density at radius 2 is 1.16 bits per heavy atom. The van der Waals surface area contributed by atoms with E-state index >= 15 is 0 Å². The molecule has 1 aliphatic carbocycles. The van der Waals surface area contributed by atoms with Crippen molar-refractivity contribution in [2.24, 2.45) is 0 Å². The predicted molar refractivity (Wildman–Crippen MR) is 138 cm³/mol. The Bertz CT molecular complexity index is 958. The first kappa shape index (κ1) is 35.8. The molecular weight excluding hydrogens is 602 g/mol. The molecule has 3 heterocycles. The summed E-state index contributed by atoms with van der Waals surface area (Å²) >= 11 is 0. The standard InChI is InChI=1S/C25H43NO18/c1-6-11(26-8-2-7(3-27)12(30)15(33)13(8)31)14(32)19(37)24(40-6)43-22-10(5-29)42-25(20(38)17(22)35)44-21-9(4-28)41-23(39)18(36)16(21)34/h2,6,8-39H,3-5H2,1H3/t6-,8+,9-,10-,11?,12-,13-,14-,15+,16+,17+,18-,19-,20-,21?,22?,23?,24?,25?/m1/s1. The van der Waals surface area contributed by atoms with Gasteiger partial charge in [-0.1, -0.05) is 6.08 Å². The summed E-state index contributed by atoms with van der Waals surface area (Å²) in [6, 6.07) is -2.17. The van der Waals surface area contributed by atoms with Gasteiger partial charge in [-0.15, -0.1) is 0 Å². The molecular formula is C25H43NO18. The second kappa shape index (κ2) is 14.8. The third-order valence-corrected chi connectivity index (χ3v) is 8.48. The molecule has 44 heavy (non-hydrogen) atoms. The van der Waals surface area contributed by atoms with Crippen molar-refractivity contribution < 1.29 is 90.1 Å². The normalized spacial score (nSPS) is 52.0. The lowest BCUT2D eigenvalue weighted by Crippen LogP contribution is -2.68. The highest BCUT2D eigenvalue weighted by Crippen LogP contribution is 2.32. The highest BCUT2D eigenvalue weighted by Gasteiger charge is 2.53. The Hall–Kier alpha value is -1.02. The molecule has 19 atom stereocenters. The van der Waals surface area contributed by atoms with Gasteiger partial charge < -0.3 is 95.4 Å². The molecule has 14 N–H and O–H groups in total. The van der Waals surface area contributed by atoms with E-state index in [0.717, 1.165) is 0 Å². The van der Waals surface area contributed by atoms with Crippen molar-refractivity contribution in [3.05, 3.63) is 11.6 Å². The van der Waals surface area contributed by atoms with Gasteiger partial charge in [-0.05, 0) is 12.5 Å². The van der Waals surface area contributed by atoms with Gasteiger partial charge in [-0.25, -0.2) is 0 Å². The fourth-order valence-corrected chi connectivity index (χ4v) is 5.81. The minimum atomic E-state index is -1.93. The summed E-state index contributed by atoms with van der Waals surface area (Å²) < 4.78 is 27.4. The van der Waals surface area contributed by atoms with Crippen LogP contribution in [0.2, 0.25) is 0 Å². The minimum absolute atomic E-state index is 0.0225. The molecule has 3 fully saturated rings. The number of rotatable bonds is 9. The fourth-order valence-electron chi connectivity index (χ4n) is 5.81. The maximum Gasteiger partial charge on any atom is 0.187 e. The molecule has 0 amide bonds. The molecule has 0 radical (unpaired) electrons. The van der Waals surface area contributed by atoms with Gasteiger partial charge >= 0.3 is 0 Å². The van der Waals surface area contributed by atoms with Crippen molar-refractivity contribution in [3.8, 4) is 0 Å². The van der Waals surface area contributed by atoms with Crippen LogP contribution in [0.25, 0.3) is 0 Å². The van der Waals surface area contributed by atoms with Gasteiger partial charge in [0, 0.05) is 0 Å². The van der Waals surface area contributed by atoms with Gasteiger partial charge in [0.1, 0.15) is 79.4 Å². The van der Waals surface area contributed by atoms with E-state index in [-0.39, 0.29) is 5.57 Å². The van der Waals surface area contributed by atoms with Gasteiger partial charge in [0.15, 0.2) is 18.9 Å². The number of hydrogen-bond acceptors (Lipinski definition) is 19. The summed E-state index contributed by atoms with van der Waals surface area (Å²) in [7, 11) is 0. The first-order chi connectivity index (χ1) is 20.7. The molecule has 19 nitrogen and oxygen atoms in total. The van der Waals surface area contributed by atoms with Crippen molar-refractivity contribution >= 4 is 0 Å². The van der Waals surface area contributed by atoms with E-state index in [0.29, 0.717) is 0 Å². The summed E-state index contributed by atoms with van der Waals surface area (Å²) in [5, 5.41) is 136. The van der Waals surface area contributed by atoms with Crippen LogP contribution in [-0.4, -0.2) is 203 Å². The van der Waals surface area contributed by atoms with E-state index in [1.54, 1.807) is 0 Å². The van der Waals surface area contributed by atoms with Gasteiger partial charge in [0.05, 0.1) is 38.0 Å². The molecule has 0 saturated carbocycles. The van der Waals surface area contributed by atoms with Gasteiger partial charge in [-0.2, -0.15) is 0 Å². The molecule has 3 aliphatic heterocycles. The smallest absolute Gasteiger partial charge is 0.187 e. The third kappa shape index (κ3) is 6.96. The van der Waals surface area contributed by atoms with Crippen LogP contribution >= 0.6 is 0 Å². The van der Waals surface area contributed by atoms with E-state index < -0.39 is 136 Å². The van der Waals surface area contributed by atoms with Crippen molar-refractivity contribution in [2.75, 3.05) is 19.8 Å². The molecule has 6 unspecified atom stereocenters. The molecule has 0 bridgehead atoms. The second-order valence-corrected chi connectivity index (χ2v) is 11.4. The fraction of sp³-hybridized carbons (Fsp3) is 0.920. The zero-order valence-corrected chi connectivity index (χ0v) is 23.5. The molecule has 0 spiro atoms. The number of ether oxygens (including phenoxy) is 5. The maximum atomic E-state index is 10.9. The topological polar surface area (TPSA) is 321 Å². The Labute approximate surface area is 250 Å². The monoisotopic (exact) mass is 645 g/mol. The highest BCUT2D eigenvalue weighted by atomic mass is 16.7. The summed E-state index contributed by atoms with van der Waals surface area (Å²) in [5.41, 5.74) is 0.0225. The molecule has 0 aromatic rings. The first-order valence-corrected chi connectivity index (χ1v) is 14.1. The van der Waals surface area contributed by atoms with E-state index in [1.807, 2.05) is 0 Å². The molecule has 4 rings (SSSR count). The molecule has 256 valence electrons.